The number of amides is 2. The third kappa shape index (κ3) is 4.80. The van der Waals surface area contributed by atoms with Crippen molar-refractivity contribution in [2.24, 2.45) is 12.8 Å². The molecule has 1 unspecified atom stereocenters. The van der Waals surface area contributed by atoms with E-state index in [1.54, 1.807) is 55.4 Å². The number of rotatable bonds is 6. The molecule has 0 saturated heterocycles. The molecule has 0 bridgehead atoms. The minimum Gasteiger partial charge on any atom is -0.366 e. The van der Waals surface area contributed by atoms with E-state index in [1.807, 2.05) is 0 Å². The molecule has 2 aromatic rings. The van der Waals surface area contributed by atoms with Crippen molar-refractivity contribution in [3.05, 3.63) is 53.3 Å². The predicted octanol–water partition coefficient (Wildman–Crippen LogP) is 0.518. The summed E-state index contributed by atoms with van der Waals surface area (Å²) >= 11 is 0. The molecule has 1 atom stereocenters. The average Bonchev–Trinajstić information content (AvgIpc) is 2.92. The van der Waals surface area contributed by atoms with Crippen molar-refractivity contribution < 1.29 is 9.59 Å². The van der Waals surface area contributed by atoms with Gasteiger partial charge in [-0.25, -0.2) is 0 Å². The van der Waals surface area contributed by atoms with E-state index < -0.39 is 11.9 Å². The van der Waals surface area contributed by atoms with E-state index >= 15 is 0 Å². The van der Waals surface area contributed by atoms with Crippen molar-refractivity contribution in [3.63, 3.8) is 0 Å². The number of likely N-dealkylation sites (N-methyl/N-ethyl adjacent to an activating group) is 1. The second-order valence-electron chi connectivity index (χ2n) is 4.95. The van der Waals surface area contributed by atoms with Crippen LogP contribution >= 0.6 is 12.4 Å². The number of nitrogens with one attached hydrogen (secondary N) is 2. The van der Waals surface area contributed by atoms with Gasteiger partial charge in [-0.05, 0) is 24.7 Å². The number of primary amides is 1. The van der Waals surface area contributed by atoms with Crippen LogP contribution in [0.4, 0.5) is 0 Å². The molecular formula is C15H20ClN5O2. The molecule has 0 spiro atoms. The van der Waals surface area contributed by atoms with E-state index in [0.717, 1.165) is 11.1 Å². The van der Waals surface area contributed by atoms with Crippen LogP contribution in [0.15, 0.2) is 36.7 Å². The molecule has 0 aliphatic rings. The zero-order valence-corrected chi connectivity index (χ0v) is 13.8. The first-order valence-electron chi connectivity index (χ1n) is 6.83. The molecule has 0 fully saturated rings. The number of halogens is 1. The highest BCUT2D eigenvalue weighted by Crippen LogP contribution is 2.11. The first-order chi connectivity index (χ1) is 10.5. The van der Waals surface area contributed by atoms with Gasteiger partial charge in [-0.1, -0.05) is 12.1 Å². The largest absolute Gasteiger partial charge is 0.366 e. The Bertz CT molecular complexity index is 669. The van der Waals surface area contributed by atoms with Crippen LogP contribution in [-0.2, 0) is 18.4 Å². The Labute approximate surface area is 140 Å². The number of nitrogens with zero attached hydrogens (tertiary/aromatic N) is 2. The number of aryl methyl sites for hydroxylation is 1. The second-order valence-corrected chi connectivity index (χ2v) is 4.95. The van der Waals surface area contributed by atoms with E-state index in [-0.39, 0.29) is 18.3 Å². The van der Waals surface area contributed by atoms with Crippen molar-refractivity contribution in [1.29, 1.82) is 0 Å². The summed E-state index contributed by atoms with van der Waals surface area (Å²) in [4.78, 5) is 23.2. The normalized spacial score (nSPS) is 11.4. The molecule has 8 heteroatoms. The van der Waals surface area contributed by atoms with Gasteiger partial charge >= 0.3 is 0 Å². The van der Waals surface area contributed by atoms with Gasteiger partial charge in [-0.2, -0.15) is 5.10 Å². The molecule has 1 aromatic heterocycles. The fraction of sp³-hybridized carbons (Fsp3) is 0.267. The van der Waals surface area contributed by atoms with Crippen molar-refractivity contribution in [2.45, 2.75) is 12.6 Å². The lowest BCUT2D eigenvalue weighted by Gasteiger charge is -2.14. The molecule has 4 N–H and O–H groups in total. The van der Waals surface area contributed by atoms with Crippen LogP contribution < -0.4 is 16.4 Å². The van der Waals surface area contributed by atoms with E-state index in [9.17, 15) is 9.59 Å². The third-order valence-corrected chi connectivity index (χ3v) is 3.31. The maximum Gasteiger partial charge on any atom is 0.248 e. The van der Waals surface area contributed by atoms with Gasteiger partial charge < -0.3 is 16.4 Å². The van der Waals surface area contributed by atoms with Gasteiger partial charge in [0, 0.05) is 30.9 Å². The Hall–Kier alpha value is -2.38. The molecular weight excluding hydrogens is 318 g/mol. The molecule has 1 aromatic carbocycles. The zero-order valence-electron chi connectivity index (χ0n) is 12.9. The van der Waals surface area contributed by atoms with Gasteiger partial charge in [-0.3, -0.25) is 14.3 Å². The number of carbonyl (C=O) groups excluding carboxylic acids is 2. The lowest BCUT2D eigenvalue weighted by atomic mass is 10.1. The third-order valence-electron chi connectivity index (χ3n) is 3.31. The molecule has 1 heterocycles. The summed E-state index contributed by atoms with van der Waals surface area (Å²) in [5, 5.41) is 9.88. The average molecular weight is 338 g/mol. The quantitative estimate of drug-likeness (QED) is 0.715. The highest BCUT2D eigenvalue weighted by atomic mass is 35.5. The molecule has 2 rings (SSSR count). The number of hydrogen-bond acceptors (Lipinski definition) is 4. The fourth-order valence-electron chi connectivity index (χ4n) is 2.12. The second kappa shape index (κ2) is 8.30. The van der Waals surface area contributed by atoms with Crippen LogP contribution in [0.25, 0.3) is 0 Å². The number of hydrogen-bond donors (Lipinski definition) is 3. The summed E-state index contributed by atoms with van der Waals surface area (Å²) in [6.45, 7) is 0.371. The summed E-state index contributed by atoms with van der Waals surface area (Å²) < 4.78 is 1.65. The molecule has 23 heavy (non-hydrogen) atoms. The Morgan fingerprint density at radius 3 is 2.43 bits per heavy atom. The molecule has 0 radical (unpaired) electrons. The van der Waals surface area contributed by atoms with Crippen molar-refractivity contribution in [2.75, 3.05) is 7.05 Å². The first-order valence-corrected chi connectivity index (χ1v) is 6.83. The fourth-order valence-corrected chi connectivity index (χ4v) is 2.12. The van der Waals surface area contributed by atoms with Crippen molar-refractivity contribution in [3.8, 4) is 0 Å². The monoisotopic (exact) mass is 337 g/mol. The standard InChI is InChI=1S/C15H19N5O2.ClH/c1-17-13(12-8-19-20(2)9-12)15(22)18-7-10-3-5-11(6-4-10)14(16)21;/h3-6,8-9,13,17H,7H2,1-2H3,(H2,16,21)(H,18,22);1H. The van der Waals surface area contributed by atoms with Gasteiger partial charge in [0.1, 0.15) is 6.04 Å². The number of benzene rings is 1. The van der Waals surface area contributed by atoms with Gasteiger partial charge in [0.05, 0.1) is 6.20 Å². The molecule has 124 valence electrons. The summed E-state index contributed by atoms with van der Waals surface area (Å²) in [5.41, 5.74) is 7.31. The predicted molar refractivity (Wildman–Crippen MR) is 89.1 cm³/mol. The van der Waals surface area contributed by atoms with E-state index in [2.05, 4.69) is 15.7 Å². The highest BCUT2D eigenvalue weighted by molar-refractivity contribution is 5.92. The Balaban J connectivity index is 0.00000264. The van der Waals surface area contributed by atoms with Gasteiger partial charge in [-0.15, -0.1) is 12.4 Å². The van der Waals surface area contributed by atoms with Gasteiger partial charge in [0.25, 0.3) is 0 Å². The lowest BCUT2D eigenvalue weighted by Crippen LogP contribution is -2.35. The highest BCUT2D eigenvalue weighted by Gasteiger charge is 2.19. The van der Waals surface area contributed by atoms with Crippen molar-refractivity contribution >= 4 is 24.2 Å². The SMILES string of the molecule is CNC(C(=O)NCc1ccc(C(N)=O)cc1)c1cnn(C)c1.Cl. The van der Waals surface area contributed by atoms with Crippen LogP contribution in [0, 0.1) is 0 Å². The maximum atomic E-state index is 12.2. The van der Waals surface area contributed by atoms with Crippen molar-refractivity contribution in [1.82, 2.24) is 20.4 Å². The molecule has 0 saturated carbocycles. The minimum absolute atomic E-state index is 0. The van der Waals surface area contributed by atoms with Gasteiger partial charge in [0.15, 0.2) is 0 Å². The smallest absolute Gasteiger partial charge is 0.248 e. The summed E-state index contributed by atoms with van der Waals surface area (Å²) in [7, 11) is 3.52. The molecule has 0 aliphatic carbocycles. The first kappa shape index (κ1) is 18.7. The van der Waals surface area contributed by atoms with E-state index in [0.29, 0.717) is 12.1 Å². The molecule has 2 amide bonds. The number of nitrogens with two attached hydrogens (primary N) is 1. The van der Waals surface area contributed by atoms with Crippen LogP contribution in [0.2, 0.25) is 0 Å². The van der Waals surface area contributed by atoms with E-state index in [1.165, 1.54) is 0 Å². The summed E-state index contributed by atoms with van der Waals surface area (Å²) in [6.07, 6.45) is 3.45. The molecule has 0 aliphatic heterocycles. The summed E-state index contributed by atoms with van der Waals surface area (Å²) in [6, 6.07) is 6.34. The maximum absolute atomic E-state index is 12.2. The number of aromatic nitrogens is 2. The van der Waals surface area contributed by atoms with Gasteiger partial charge in [0.2, 0.25) is 11.8 Å². The van der Waals surface area contributed by atoms with Crippen LogP contribution in [0.1, 0.15) is 27.5 Å². The lowest BCUT2D eigenvalue weighted by molar-refractivity contribution is -0.123. The summed E-state index contributed by atoms with van der Waals surface area (Å²) in [5.74, 6) is -0.614. The Kier molecular flexibility index (Phi) is 6.74. The Morgan fingerprint density at radius 1 is 1.30 bits per heavy atom. The topological polar surface area (TPSA) is 102 Å². The van der Waals surface area contributed by atoms with Crippen LogP contribution in [0.3, 0.4) is 0 Å². The minimum atomic E-state index is -0.470. The van der Waals surface area contributed by atoms with Crippen LogP contribution in [0.5, 0.6) is 0 Å². The van der Waals surface area contributed by atoms with Crippen LogP contribution in [-0.4, -0.2) is 28.6 Å². The number of carbonyl (C=O) groups is 2. The zero-order chi connectivity index (χ0) is 16.1. The van der Waals surface area contributed by atoms with E-state index in [4.69, 9.17) is 5.73 Å². The molecule has 7 nitrogen and oxygen atoms in total. The Morgan fingerprint density at radius 2 is 1.96 bits per heavy atom.